The summed E-state index contributed by atoms with van der Waals surface area (Å²) in [7, 11) is 0. The van der Waals surface area contributed by atoms with E-state index < -0.39 is 0 Å². The lowest BCUT2D eigenvalue weighted by molar-refractivity contribution is 0.201. The summed E-state index contributed by atoms with van der Waals surface area (Å²) >= 11 is 0. The Morgan fingerprint density at radius 2 is 1.56 bits per heavy atom. The summed E-state index contributed by atoms with van der Waals surface area (Å²) < 4.78 is 0. The highest BCUT2D eigenvalue weighted by Crippen LogP contribution is 2.22. The molecule has 0 heterocycles. The second-order valence-corrected chi connectivity index (χ2v) is 5.71. The monoisotopic (exact) mass is 249 g/mol. The maximum absolute atomic E-state index is 9.40. The summed E-state index contributed by atoms with van der Waals surface area (Å²) in [6.45, 7) is 13.1. The second-order valence-electron chi connectivity index (χ2n) is 5.71. The third-order valence-corrected chi connectivity index (χ3v) is 3.81. The summed E-state index contributed by atoms with van der Waals surface area (Å²) in [4.78, 5) is 0. The topological polar surface area (TPSA) is 32.3 Å². The molecule has 0 spiro atoms. The van der Waals surface area contributed by atoms with Crippen LogP contribution < -0.4 is 5.32 Å². The van der Waals surface area contributed by atoms with Crippen molar-refractivity contribution in [1.82, 2.24) is 5.32 Å². The van der Waals surface area contributed by atoms with E-state index >= 15 is 0 Å². The van der Waals surface area contributed by atoms with E-state index in [9.17, 15) is 5.11 Å². The zero-order valence-electron chi connectivity index (χ0n) is 12.5. The van der Waals surface area contributed by atoms with Crippen molar-refractivity contribution in [3.63, 3.8) is 0 Å². The minimum Gasteiger partial charge on any atom is -0.395 e. The van der Waals surface area contributed by atoms with Crippen molar-refractivity contribution in [1.29, 1.82) is 0 Å². The Labute approximate surface area is 111 Å². The molecule has 0 fully saturated rings. The molecule has 1 aromatic carbocycles. The number of benzene rings is 1. The van der Waals surface area contributed by atoms with Crippen LogP contribution in [-0.4, -0.2) is 17.8 Å². The van der Waals surface area contributed by atoms with Crippen LogP contribution in [0.3, 0.4) is 0 Å². The maximum atomic E-state index is 9.40. The number of hydrogen-bond donors (Lipinski definition) is 2. The standard InChI is InChI=1S/C16H27NO/c1-10(2)16(9-18)17-14(6)15-8-12(4)11(3)7-13(15)5/h7-8,10,14,16-18H,9H2,1-6H3/t14?,16-/m1/s1. The quantitative estimate of drug-likeness (QED) is 0.839. The molecule has 1 unspecified atom stereocenters. The highest BCUT2D eigenvalue weighted by atomic mass is 16.3. The first kappa shape index (κ1) is 15.2. The van der Waals surface area contributed by atoms with Gasteiger partial charge in [0.1, 0.15) is 0 Å². The highest BCUT2D eigenvalue weighted by Gasteiger charge is 2.17. The summed E-state index contributed by atoms with van der Waals surface area (Å²) in [6, 6.07) is 4.92. The van der Waals surface area contributed by atoms with Crippen LogP contribution in [0.1, 0.15) is 49.1 Å². The molecule has 2 atom stereocenters. The van der Waals surface area contributed by atoms with E-state index in [4.69, 9.17) is 0 Å². The van der Waals surface area contributed by atoms with Gasteiger partial charge in [0.25, 0.3) is 0 Å². The first-order chi connectivity index (χ1) is 8.36. The molecule has 0 amide bonds. The lowest BCUT2D eigenvalue weighted by Crippen LogP contribution is -2.38. The zero-order chi connectivity index (χ0) is 13.9. The lowest BCUT2D eigenvalue weighted by atomic mass is 9.95. The number of aliphatic hydroxyl groups is 1. The zero-order valence-corrected chi connectivity index (χ0v) is 12.5. The van der Waals surface area contributed by atoms with Crippen LogP contribution in [0.4, 0.5) is 0 Å². The maximum Gasteiger partial charge on any atom is 0.0587 e. The van der Waals surface area contributed by atoms with Gasteiger partial charge in [-0.15, -0.1) is 0 Å². The van der Waals surface area contributed by atoms with Crippen molar-refractivity contribution >= 4 is 0 Å². The predicted molar refractivity (Wildman–Crippen MR) is 77.9 cm³/mol. The van der Waals surface area contributed by atoms with Gasteiger partial charge in [-0.25, -0.2) is 0 Å². The summed E-state index contributed by atoms with van der Waals surface area (Å²) in [5.74, 6) is 0.435. The molecule has 0 aromatic heterocycles. The van der Waals surface area contributed by atoms with Gasteiger partial charge in [-0.3, -0.25) is 0 Å². The van der Waals surface area contributed by atoms with Crippen molar-refractivity contribution in [3.05, 3.63) is 34.4 Å². The molecule has 0 aliphatic heterocycles. The summed E-state index contributed by atoms with van der Waals surface area (Å²) in [5.41, 5.74) is 5.32. The van der Waals surface area contributed by atoms with E-state index in [0.717, 1.165) is 0 Å². The Hall–Kier alpha value is -0.860. The van der Waals surface area contributed by atoms with Crippen molar-refractivity contribution in [2.45, 2.75) is 53.6 Å². The van der Waals surface area contributed by atoms with Crippen molar-refractivity contribution < 1.29 is 5.11 Å². The first-order valence-electron chi connectivity index (χ1n) is 6.81. The molecule has 1 aromatic rings. The number of aliphatic hydroxyl groups excluding tert-OH is 1. The van der Waals surface area contributed by atoms with Crippen molar-refractivity contribution in [3.8, 4) is 0 Å². The number of hydrogen-bond acceptors (Lipinski definition) is 2. The molecule has 2 N–H and O–H groups in total. The van der Waals surface area contributed by atoms with Gasteiger partial charge in [-0.1, -0.05) is 26.0 Å². The fourth-order valence-corrected chi connectivity index (χ4v) is 2.32. The van der Waals surface area contributed by atoms with Gasteiger partial charge in [0, 0.05) is 12.1 Å². The molecule has 18 heavy (non-hydrogen) atoms. The highest BCUT2D eigenvalue weighted by molar-refractivity contribution is 5.38. The molecular formula is C16H27NO. The number of rotatable bonds is 5. The normalized spacial score (nSPS) is 14.9. The second kappa shape index (κ2) is 6.35. The largest absolute Gasteiger partial charge is 0.395 e. The van der Waals surface area contributed by atoms with Gasteiger partial charge < -0.3 is 10.4 Å². The Morgan fingerprint density at radius 3 is 2.06 bits per heavy atom. The first-order valence-corrected chi connectivity index (χ1v) is 6.81. The fourth-order valence-electron chi connectivity index (χ4n) is 2.32. The van der Waals surface area contributed by atoms with Gasteiger partial charge in [0.15, 0.2) is 0 Å². The van der Waals surface area contributed by atoms with Crippen LogP contribution in [0.2, 0.25) is 0 Å². The van der Waals surface area contributed by atoms with Gasteiger partial charge >= 0.3 is 0 Å². The van der Waals surface area contributed by atoms with Crippen LogP contribution in [-0.2, 0) is 0 Å². The molecule has 0 radical (unpaired) electrons. The average Bonchev–Trinajstić information content (AvgIpc) is 2.29. The lowest BCUT2D eigenvalue weighted by Gasteiger charge is -2.26. The third kappa shape index (κ3) is 3.56. The molecule has 2 nitrogen and oxygen atoms in total. The molecular weight excluding hydrogens is 222 g/mol. The molecule has 0 bridgehead atoms. The Balaban J connectivity index is 2.90. The predicted octanol–water partition coefficient (Wildman–Crippen LogP) is 3.28. The molecule has 0 aliphatic carbocycles. The summed E-state index contributed by atoms with van der Waals surface area (Å²) in [6.07, 6.45) is 0. The van der Waals surface area contributed by atoms with Gasteiger partial charge in [0.05, 0.1) is 6.61 Å². The minimum absolute atomic E-state index is 0.154. The van der Waals surface area contributed by atoms with Crippen LogP contribution in [0, 0.1) is 26.7 Å². The van der Waals surface area contributed by atoms with Crippen LogP contribution in [0.15, 0.2) is 12.1 Å². The molecule has 2 heteroatoms. The number of nitrogens with one attached hydrogen (secondary N) is 1. The van der Waals surface area contributed by atoms with Gasteiger partial charge in [0.2, 0.25) is 0 Å². The van der Waals surface area contributed by atoms with E-state index in [1.165, 1.54) is 22.3 Å². The van der Waals surface area contributed by atoms with E-state index in [2.05, 4.69) is 59.0 Å². The molecule has 0 aliphatic rings. The Kier molecular flexibility index (Phi) is 5.36. The van der Waals surface area contributed by atoms with Crippen LogP contribution in [0.25, 0.3) is 0 Å². The smallest absolute Gasteiger partial charge is 0.0587 e. The summed E-state index contributed by atoms with van der Waals surface area (Å²) in [5, 5.41) is 12.9. The van der Waals surface area contributed by atoms with E-state index in [0.29, 0.717) is 5.92 Å². The van der Waals surface area contributed by atoms with E-state index in [-0.39, 0.29) is 18.7 Å². The van der Waals surface area contributed by atoms with Gasteiger partial charge in [-0.2, -0.15) is 0 Å². The molecule has 0 saturated carbocycles. The van der Waals surface area contributed by atoms with E-state index in [1.54, 1.807) is 0 Å². The van der Waals surface area contributed by atoms with Gasteiger partial charge in [-0.05, 0) is 55.9 Å². The Bertz CT molecular complexity index is 398. The van der Waals surface area contributed by atoms with Crippen molar-refractivity contribution in [2.75, 3.05) is 6.61 Å². The van der Waals surface area contributed by atoms with Crippen LogP contribution >= 0.6 is 0 Å². The average molecular weight is 249 g/mol. The molecule has 0 saturated heterocycles. The molecule has 1 rings (SSSR count). The molecule has 102 valence electrons. The van der Waals surface area contributed by atoms with Crippen LogP contribution in [0.5, 0.6) is 0 Å². The fraction of sp³-hybridized carbons (Fsp3) is 0.625. The third-order valence-electron chi connectivity index (χ3n) is 3.81. The van der Waals surface area contributed by atoms with E-state index in [1.807, 2.05) is 0 Å². The Morgan fingerprint density at radius 1 is 1.00 bits per heavy atom. The SMILES string of the molecule is Cc1cc(C)c(C(C)N[C@H](CO)C(C)C)cc1C. The van der Waals surface area contributed by atoms with Crippen molar-refractivity contribution in [2.24, 2.45) is 5.92 Å². The minimum atomic E-state index is 0.154. The number of aryl methyl sites for hydroxylation is 3.